The summed E-state index contributed by atoms with van der Waals surface area (Å²) in [5.41, 5.74) is 0.726. The highest BCUT2D eigenvalue weighted by molar-refractivity contribution is 5.92. The molecule has 0 saturated carbocycles. The first-order valence-electron chi connectivity index (χ1n) is 8.02. The minimum atomic E-state index is -0.354. The largest absolute Gasteiger partial charge is 0.457 e. The van der Waals surface area contributed by atoms with Gasteiger partial charge in [-0.05, 0) is 56.8 Å². The van der Waals surface area contributed by atoms with Crippen molar-refractivity contribution >= 4 is 11.6 Å². The molecular weight excluding hydrogens is 304 g/mol. The molecular formula is C19H24N2O3. The van der Waals surface area contributed by atoms with Crippen LogP contribution in [0.15, 0.2) is 54.6 Å². The average molecular weight is 328 g/mol. The molecule has 0 spiro atoms. The van der Waals surface area contributed by atoms with Gasteiger partial charge in [0.1, 0.15) is 11.5 Å². The van der Waals surface area contributed by atoms with Crippen LogP contribution in [-0.2, 0) is 4.79 Å². The number of ether oxygens (including phenoxy) is 1. The second kappa shape index (κ2) is 9.05. The third-order valence-electron chi connectivity index (χ3n) is 3.46. The Morgan fingerprint density at radius 2 is 1.75 bits per heavy atom. The van der Waals surface area contributed by atoms with E-state index in [1.165, 1.54) is 0 Å². The van der Waals surface area contributed by atoms with E-state index in [9.17, 15) is 9.90 Å². The Hall–Kier alpha value is -2.37. The molecule has 2 aromatic rings. The standard InChI is InChI=1S/C19H24N2O3/c1-15(22)12-13-21(2)14-19(23)20-16-8-10-18(11-9-16)24-17-6-4-3-5-7-17/h3-11,15,22H,12-14H2,1-2H3,(H,20,23). The van der Waals surface area contributed by atoms with Crippen LogP contribution in [0.2, 0.25) is 0 Å². The lowest BCUT2D eigenvalue weighted by atomic mass is 10.2. The molecule has 0 bridgehead atoms. The molecule has 0 aliphatic rings. The van der Waals surface area contributed by atoms with Crippen molar-refractivity contribution in [1.82, 2.24) is 4.90 Å². The number of carbonyl (C=O) groups excluding carboxylic acids is 1. The quantitative estimate of drug-likeness (QED) is 0.781. The predicted octanol–water partition coefficient (Wildman–Crippen LogP) is 3.12. The van der Waals surface area contributed by atoms with Crippen molar-refractivity contribution in [2.45, 2.75) is 19.4 Å². The number of hydrogen-bond acceptors (Lipinski definition) is 4. The molecule has 2 rings (SSSR count). The van der Waals surface area contributed by atoms with Gasteiger partial charge < -0.3 is 15.2 Å². The van der Waals surface area contributed by atoms with E-state index in [1.807, 2.05) is 66.5 Å². The van der Waals surface area contributed by atoms with Gasteiger partial charge in [-0.2, -0.15) is 0 Å². The second-order valence-electron chi connectivity index (χ2n) is 5.86. The lowest BCUT2D eigenvalue weighted by molar-refractivity contribution is -0.117. The molecule has 1 amide bonds. The first-order chi connectivity index (χ1) is 11.5. The third kappa shape index (κ3) is 6.40. The highest BCUT2D eigenvalue weighted by Crippen LogP contribution is 2.22. The Balaban J connectivity index is 1.81. The molecule has 0 aromatic heterocycles. The molecule has 1 unspecified atom stereocenters. The van der Waals surface area contributed by atoms with Gasteiger partial charge in [0, 0.05) is 12.2 Å². The van der Waals surface area contributed by atoms with Gasteiger partial charge in [-0.3, -0.25) is 9.69 Å². The van der Waals surface area contributed by atoms with Crippen LogP contribution in [0.5, 0.6) is 11.5 Å². The number of amides is 1. The number of nitrogens with zero attached hydrogens (tertiary/aromatic N) is 1. The van der Waals surface area contributed by atoms with Crippen LogP contribution < -0.4 is 10.1 Å². The van der Waals surface area contributed by atoms with Gasteiger partial charge in [-0.1, -0.05) is 18.2 Å². The van der Waals surface area contributed by atoms with Crippen molar-refractivity contribution in [3.8, 4) is 11.5 Å². The topological polar surface area (TPSA) is 61.8 Å². The van der Waals surface area contributed by atoms with E-state index in [0.29, 0.717) is 18.7 Å². The molecule has 128 valence electrons. The van der Waals surface area contributed by atoms with Crippen molar-refractivity contribution in [3.63, 3.8) is 0 Å². The molecule has 0 radical (unpaired) electrons. The van der Waals surface area contributed by atoms with Crippen LogP contribution in [0.3, 0.4) is 0 Å². The Morgan fingerprint density at radius 1 is 1.12 bits per heavy atom. The highest BCUT2D eigenvalue weighted by Gasteiger charge is 2.08. The zero-order valence-corrected chi connectivity index (χ0v) is 14.1. The van der Waals surface area contributed by atoms with Gasteiger partial charge in [0.05, 0.1) is 12.6 Å². The minimum absolute atomic E-state index is 0.0835. The Kier molecular flexibility index (Phi) is 6.78. The van der Waals surface area contributed by atoms with Crippen molar-refractivity contribution in [2.24, 2.45) is 0 Å². The highest BCUT2D eigenvalue weighted by atomic mass is 16.5. The molecule has 24 heavy (non-hydrogen) atoms. The van der Waals surface area contributed by atoms with Crippen LogP contribution in [0, 0.1) is 0 Å². The smallest absolute Gasteiger partial charge is 0.238 e. The first kappa shape index (κ1) is 18.0. The molecule has 1 atom stereocenters. The SMILES string of the molecule is CC(O)CCN(C)CC(=O)Nc1ccc(Oc2ccccc2)cc1. The number of benzene rings is 2. The molecule has 0 fully saturated rings. The zero-order chi connectivity index (χ0) is 17.4. The summed E-state index contributed by atoms with van der Waals surface area (Å²) in [6.45, 7) is 2.71. The number of likely N-dealkylation sites (N-methyl/N-ethyl adjacent to an activating group) is 1. The third-order valence-corrected chi connectivity index (χ3v) is 3.46. The lowest BCUT2D eigenvalue weighted by Crippen LogP contribution is -2.31. The lowest BCUT2D eigenvalue weighted by Gasteiger charge is -2.17. The molecule has 5 heteroatoms. The Labute approximate surface area is 142 Å². The van der Waals surface area contributed by atoms with Gasteiger partial charge in [-0.25, -0.2) is 0 Å². The summed E-state index contributed by atoms with van der Waals surface area (Å²) >= 11 is 0. The van der Waals surface area contributed by atoms with E-state index in [-0.39, 0.29) is 18.6 Å². The Bertz CT molecular complexity index is 627. The number of aliphatic hydroxyl groups excluding tert-OH is 1. The van der Waals surface area contributed by atoms with Crippen LogP contribution in [0.1, 0.15) is 13.3 Å². The van der Waals surface area contributed by atoms with E-state index >= 15 is 0 Å². The number of carbonyl (C=O) groups is 1. The summed E-state index contributed by atoms with van der Waals surface area (Å²) < 4.78 is 5.71. The van der Waals surface area contributed by atoms with E-state index in [4.69, 9.17) is 4.74 Å². The van der Waals surface area contributed by atoms with E-state index < -0.39 is 0 Å². The van der Waals surface area contributed by atoms with Crippen LogP contribution in [-0.4, -0.2) is 42.2 Å². The maximum Gasteiger partial charge on any atom is 0.238 e. The van der Waals surface area contributed by atoms with E-state index in [0.717, 1.165) is 11.4 Å². The number of anilines is 1. The average Bonchev–Trinajstić information content (AvgIpc) is 2.56. The molecule has 0 aliphatic carbocycles. The normalized spacial score (nSPS) is 12.0. The second-order valence-corrected chi connectivity index (χ2v) is 5.86. The number of para-hydroxylation sites is 1. The van der Waals surface area contributed by atoms with Crippen molar-refractivity contribution in [1.29, 1.82) is 0 Å². The van der Waals surface area contributed by atoms with Gasteiger partial charge in [0.2, 0.25) is 5.91 Å². The Morgan fingerprint density at radius 3 is 2.38 bits per heavy atom. The zero-order valence-electron chi connectivity index (χ0n) is 14.1. The van der Waals surface area contributed by atoms with Crippen LogP contribution in [0.25, 0.3) is 0 Å². The van der Waals surface area contributed by atoms with E-state index in [2.05, 4.69) is 5.32 Å². The van der Waals surface area contributed by atoms with Crippen molar-refractivity contribution in [2.75, 3.05) is 25.5 Å². The fraction of sp³-hybridized carbons (Fsp3) is 0.316. The van der Waals surface area contributed by atoms with Crippen molar-refractivity contribution < 1.29 is 14.6 Å². The number of hydrogen-bond donors (Lipinski definition) is 2. The molecule has 0 saturated heterocycles. The molecule has 0 heterocycles. The van der Waals surface area contributed by atoms with Crippen LogP contribution >= 0.6 is 0 Å². The summed E-state index contributed by atoms with van der Waals surface area (Å²) in [4.78, 5) is 13.9. The summed E-state index contributed by atoms with van der Waals surface area (Å²) in [5.74, 6) is 1.40. The molecule has 2 N–H and O–H groups in total. The molecule has 2 aromatic carbocycles. The van der Waals surface area contributed by atoms with Gasteiger partial charge in [0.15, 0.2) is 0 Å². The maximum absolute atomic E-state index is 12.0. The van der Waals surface area contributed by atoms with Crippen molar-refractivity contribution in [3.05, 3.63) is 54.6 Å². The molecule has 0 aliphatic heterocycles. The van der Waals surface area contributed by atoms with Gasteiger partial charge >= 0.3 is 0 Å². The summed E-state index contributed by atoms with van der Waals surface area (Å²) in [6.07, 6.45) is 0.294. The number of rotatable bonds is 8. The number of aliphatic hydroxyl groups is 1. The fourth-order valence-corrected chi connectivity index (χ4v) is 2.16. The molecule has 5 nitrogen and oxygen atoms in total. The van der Waals surface area contributed by atoms with Crippen LogP contribution in [0.4, 0.5) is 5.69 Å². The summed E-state index contributed by atoms with van der Waals surface area (Å²) in [5, 5.41) is 12.1. The van der Waals surface area contributed by atoms with E-state index in [1.54, 1.807) is 6.92 Å². The first-order valence-corrected chi connectivity index (χ1v) is 8.02. The summed E-state index contributed by atoms with van der Waals surface area (Å²) in [7, 11) is 1.86. The summed E-state index contributed by atoms with van der Waals surface area (Å²) in [6, 6.07) is 16.8. The number of nitrogens with one attached hydrogen (secondary N) is 1. The minimum Gasteiger partial charge on any atom is -0.457 e. The fourth-order valence-electron chi connectivity index (χ4n) is 2.16. The monoisotopic (exact) mass is 328 g/mol. The predicted molar refractivity (Wildman–Crippen MR) is 95.4 cm³/mol. The van der Waals surface area contributed by atoms with Gasteiger partial charge in [-0.15, -0.1) is 0 Å². The van der Waals surface area contributed by atoms with Gasteiger partial charge in [0.25, 0.3) is 0 Å². The maximum atomic E-state index is 12.0.